The number of carbonyl (C=O) groups is 3. The van der Waals surface area contributed by atoms with E-state index in [9.17, 15) is 14.4 Å². The maximum Gasteiger partial charge on any atom is 0.306 e. The van der Waals surface area contributed by atoms with Gasteiger partial charge in [0.25, 0.3) is 0 Å². The molecule has 1 aromatic carbocycles. The largest absolute Gasteiger partial charge is 0.481 e. The molecule has 26 heavy (non-hydrogen) atoms. The predicted molar refractivity (Wildman–Crippen MR) is 96.5 cm³/mol. The quantitative estimate of drug-likeness (QED) is 0.889. The Morgan fingerprint density at radius 3 is 2.23 bits per heavy atom. The molecule has 2 atom stereocenters. The molecule has 0 radical (unpaired) electrons. The molecule has 0 aromatic heterocycles. The van der Waals surface area contributed by atoms with E-state index < -0.39 is 5.97 Å². The number of aryl methyl sites for hydroxylation is 1. The number of hydrogen-bond acceptors (Lipinski definition) is 3. The lowest BCUT2D eigenvalue weighted by Gasteiger charge is -2.36. The van der Waals surface area contributed by atoms with Crippen molar-refractivity contribution < 1.29 is 19.5 Å². The van der Waals surface area contributed by atoms with Crippen molar-refractivity contribution in [1.29, 1.82) is 0 Å². The average molecular weight is 358 g/mol. The first-order chi connectivity index (χ1) is 12.5. The maximum atomic E-state index is 12.6. The zero-order chi connectivity index (χ0) is 18.7. The third-order valence-corrected chi connectivity index (χ3v) is 5.68. The number of amides is 2. The van der Waals surface area contributed by atoms with E-state index in [-0.39, 0.29) is 23.7 Å². The van der Waals surface area contributed by atoms with Crippen molar-refractivity contribution in [3.05, 3.63) is 35.4 Å². The molecule has 1 aliphatic heterocycles. The van der Waals surface area contributed by atoms with Crippen molar-refractivity contribution >= 4 is 17.8 Å². The Morgan fingerprint density at radius 1 is 1.00 bits per heavy atom. The highest BCUT2D eigenvalue weighted by Crippen LogP contribution is 2.32. The van der Waals surface area contributed by atoms with E-state index in [2.05, 4.69) is 0 Å². The SMILES string of the molecule is Cc1ccccc1CC(=O)N1CCN(C(=O)[C@@H]2CC[C@H](C(=O)O)C2)CC1. The number of benzene rings is 1. The number of rotatable bonds is 4. The van der Waals surface area contributed by atoms with E-state index in [1.54, 1.807) is 4.90 Å². The number of aliphatic carboxylic acids is 1. The molecule has 2 aliphatic rings. The zero-order valence-electron chi connectivity index (χ0n) is 15.2. The fourth-order valence-corrected chi connectivity index (χ4v) is 3.95. The maximum absolute atomic E-state index is 12.6. The fraction of sp³-hybridized carbons (Fsp3) is 0.550. The summed E-state index contributed by atoms with van der Waals surface area (Å²) in [5.74, 6) is -1.21. The van der Waals surface area contributed by atoms with Crippen LogP contribution in [-0.4, -0.2) is 58.9 Å². The van der Waals surface area contributed by atoms with Crippen molar-refractivity contribution in [2.75, 3.05) is 26.2 Å². The Labute approximate surface area is 153 Å². The molecule has 3 rings (SSSR count). The number of piperazine rings is 1. The summed E-state index contributed by atoms with van der Waals surface area (Å²) < 4.78 is 0. The number of carbonyl (C=O) groups excluding carboxylic acids is 2. The van der Waals surface area contributed by atoms with Crippen LogP contribution in [0.4, 0.5) is 0 Å². The summed E-state index contributed by atoms with van der Waals surface area (Å²) in [5.41, 5.74) is 2.16. The Hall–Kier alpha value is -2.37. The fourth-order valence-electron chi connectivity index (χ4n) is 3.95. The lowest BCUT2D eigenvalue weighted by atomic mass is 10.0. The molecular formula is C20H26N2O4. The molecule has 1 saturated heterocycles. The van der Waals surface area contributed by atoms with Gasteiger partial charge in [0.05, 0.1) is 12.3 Å². The second-order valence-corrected chi connectivity index (χ2v) is 7.35. The summed E-state index contributed by atoms with van der Waals surface area (Å²) in [6.45, 7) is 4.17. The van der Waals surface area contributed by atoms with Gasteiger partial charge in [-0.1, -0.05) is 24.3 Å². The first-order valence-corrected chi connectivity index (χ1v) is 9.29. The molecule has 140 valence electrons. The van der Waals surface area contributed by atoms with E-state index in [0.717, 1.165) is 11.1 Å². The summed E-state index contributed by atoms with van der Waals surface area (Å²) in [6, 6.07) is 7.89. The Bertz CT molecular complexity index is 695. The van der Waals surface area contributed by atoms with E-state index in [0.29, 0.717) is 51.9 Å². The number of carboxylic acid groups (broad SMARTS) is 1. The van der Waals surface area contributed by atoms with Crippen LogP contribution in [0, 0.1) is 18.8 Å². The van der Waals surface area contributed by atoms with Gasteiger partial charge >= 0.3 is 5.97 Å². The molecule has 0 spiro atoms. The first-order valence-electron chi connectivity index (χ1n) is 9.29. The third-order valence-electron chi connectivity index (χ3n) is 5.68. The van der Waals surface area contributed by atoms with Gasteiger partial charge in [-0.05, 0) is 37.3 Å². The van der Waals surface area contributed by atoms with Gasteiger partial charge in [-0.2, -0.15) is 0 Å². The van der Waals surface area contributed by atoms with Crippen LogP contribution in [-0.2, 0) is 20.8 Å². The summed E-state index contributed by atoms with van der Waals surface area (Å²) in [4.78, 5) is 39.8. The number of hydrogen-bond donors (Lipinski definition) is 1. The first kappa shape index (κ1) is 18.4. The van der Waals surface area contributed by atoms with Gasteiger partial charge in [0.15, 0.2) is 0 Å². The van der Waals surface area contributed by atoms with Gasteiger partial charge in [-0.3, -0.25) is 14.4 Å². The van der Waals surface area contributed by atoms with E-state index in [1.165, 1.54) is 0 Å². The molecule has 6 nitrogen and oxygen atoms in total. The molecule has 6 heteroatoms. The van der Waals surface area contributed by atoms with Crippen molar-refractivity contribution in [2.24, 2.45) is 11.8 Å². The minimum atomic E-state index is -0.799. The minimum Gasteiger partial charge on any atom is -0.481 e. The lowest BCUT2D eigenvalue weighted by Crippen LogP contribution is -2.52. The van der Waals surface area contributed by atoms with E-state index >= 15 is 0 Å². The highest BCUT2D eigenvalue weighted by atomic mass is 16.4. The lowest BCUT2D eigenvalue weighted by molar-refractivity contribution is -0.143. The van der Waals surface area contributed by atoms with E-state index in [4.69, 9.17) is 5.11 Å². The molecule has 0 bridgehead atoms. The second-order valence-electron chi connectivity index (χ2n) is 7.35. The summed E-state index contributed by atoms with van der Waals surface area (Å²) >= 11 is 0. The molecular weight excluding hydrogens is 332 g/mol. The topological polar surface area (TPSA) is 77.9 Å². The highest BCUT2D eigenvalue weighted by Gasteiger charge is 2.36. The van der Waals surface area contributed by atoms with Gasteiger partial charge < -0.3 is 14.9 Å². The number of carboxylic acids is 1. The standard InChI is InChI=1S/C20H26N2O4/c1-14-4-2-3-5-15(14)13-18(23)21-8-10-22(11-9-21)19(24)16-6-7-17(12-16)20(25)26/h2-5,16-17H,6-13H2,1H3,(H,25,26)/t16-,17+/m1/s1. The van der Waals surface area contributed by atoms with Gasteiger partial charge in [0, 0.05) is 32.1 Å². The van der Waals surface area contributed by atoms with Crippen LogP contribution in [0.1, 0.15) is 30.4 Å². The average Bonchev–Trinajstić information content (AvgIpc) is 3.13. The smallest absolute Gasteiger partial charge is 0.306 e. The Balaban J connectivity index is 1.49. The van der Waals surface area contributed by atoms with Crippen LogP contribution in [0.2, 0.25) is 0 Å². The molecule has 2 fully saturated rings. The molecule has 1 aliphatic carbocycles. The summed E-state index contributed by atoms with van der Waals surface area (Å²) in [5, 5.41) is 9.09. The van der Waals surface area contributed by atoms with Crippen LogP contribution in [0.3, 0.4) is 0 Å². The summed E-state index contributed by atoms with van der Waals surface area (Å²) in [6.07, 6.45) is 2.08. The van der Waals surface area contributed by atoms with Gasteiger partial charge in [-0.25, -0.2) is 0 Å². The van der Waals surface area contributed by atoms with Crippen LogP contribution in [0.15, 0.2) is 24.3 Å². The minimum absolute atomic E-state index is 0.0553. The summed E-state index contributed by atoms with van der Waals surface area (Å²) in [7, 11) is 0. The zero-order valence-corrected chi connectivity index (χ0v) is 15.2. The molecule has 1 N–H and O–H groups in total. The highest BCUT2D eigenvalue weighted by molar-refractivity contribution is 5.82. The van der Waals surface area contributed by atoms with Gasteiger partial charge in [0.2, 0.25) is 11.8 Å². The Morgan fingerprint density at radius 2 is 1.62 bits per heavy atom. The van der Waals surface area contributed by atoms with Gasteiger partial charge in [-0.15, -0.1) is 0 Å². The van der Waals surface area contributed by atoms with Crippen LogP contribution in [0.5, 0.6) is 0 Å². The molecule has 1 heterocycles. The van der Waals surface area contributed by atoms with Crippen LogP contribution < -0.4 is 0 Å². The van der Waals surface area contributed by atoms with Gasteiger partial charge in [0.1, 0.15) is 0 Å². The van der Waals surface area contributed by atoms with Crippen LogP contribution in [0.25, 0.3) is 0 Å². The molecule has 1 aromatic rings. The monoisotopic (exact) mass is 358 g/mol. The van der Waals surface area contributed by atoms with Crippen molar-refractivity contribution in [2.45, 2.75) is 32.6 Å². The van der Waals surface area contributed by atoms with E-state index in [1.807, 2.05) is 36.1 Å². The number of nitrogens with zero attached hydrogens (tertiary/aromatic N) is 2. The molecule has 1 saturated carbocycles. The second kappa shape index (κ2) is 7.89. The Kier molecular flexibility index (Phi) is 5.59. The molecule has 2 amide bonds. The van der Waals surface area contributed by atoms with Crippen molar-refractivity contribution in [3.63, 3.8) is 0 Å². The molecule has 0 unspecified atom stereocenters. The van der Waals surface area contributed by atoms with Crippen molar-refractivity contribution in [1.82, 2.24) is 9.80 Å². The normalized spacial score (nSPS) is 23.1. The van der Waals surface area contributed by atoms with Crippen LogP contribution >= 0.6 is 0 Å². The predicted octanol–water partition coefficient (Wildman–Crippen LogP) is 1.71. The third kappa shape index (κ3) is 4.06. The van der Waals surface area contributed by atoms with Crippen molar-refractivity contribution in [3.8, 4) is 0 Å².